The van der Waals surface area contributed by atoms with Gasteiger partial charge in [-0.05, 0) is 18.1 Å². The normalized spacial score (nSPS) is 22.7. The molecule has 1 aromatic rings. The lowest BCUT2D eigenvalue weighted by Gasteiger charge is -2.22. The maximum Gasteiger partial charge on any atom is 0.416 e. The van der Waals surface area contributed by atoms with Crippen LogP contribution >= 0.6 is 0 Å². The number of hydrogen-bond acceptors (Lipinski definition) is 2. The van der Waals surface area contributed by atoms with Gasteiger partial charge in [-0.1, -0.05) is 18.2 Å². The van der Waals surface area contributed by atoms with E-state index in [9.17, 15) is 13.2 Å². The summed E-state index contributed by atoms with van der Waals surface area (Å²) >= 11 is 0. The molecule has 1 saturated heterocycles. The van der Waals surface area contributed by atoms with Crippen LogP contribution in [0.3, 0.4) is 0 Å². The molecule has 0 saturated carbocycles. The Hall–Kier alpha value is -1.07. The average Bonchev–Trinajstić information content (AvgIpc) is 2.80. The minimum absolute atomic E-state index is 0.0292. The van der Waals surface area contributed by atoms with E-state index in [4.69, 9.17) is 10.5 Å². The van der Waals surface area contributed by atoms with Gasteiger partial charge >= 0.3 is 6.18 Å². The number of rotatable bonds is 2. The van der Waals surface area contributed by atoms with Crippen LogP contribution in [0.15, 0.2) is 24.3 Å². The van der Waals surface area contributed by atoms with Crippen molar-refractivity contribution in [1.82, 2.24) is 0 Å². The third-order valence-electron chi connectivity index (χ3n) is 3.10. The van der Waals surface area contributed by atoms with E-state index < -0.39 is 17.8 Å². The average molecular weight is 245 g/mol. The monoisotopic (exact) mass is 245 g/mol. The third kappa shape index (κ3) is 2.61. The molecule has 17 heavy (non-hydrogen) atoms. The molecular formula is C12H14F3NO. The van der Waals surface area contributed by atoms with Gasteiger partial charge < -0.3 is 10.5 Å². The summed E-state index contributed by atoms with van der Waals surface area (Å²) in [7, 11) is 0. The van der Waals surface area contributed by atoms with Crippen molar-refractivity contribution in [2.75, 3.05) is 13.2 Å². The van der Waals surface area contributed by atoms with Crippen molar-refractivity contribution in [3.63, 3.8) is 0 Å². The zero-order valence-electron chi connectivity index (χ0n) is 9.20. The third-order valence-corrected chi connectivity index (χ3v) is 3.10. The zero-order valence-corrected chi connectivity index (χ0v) is 9.20. The van der Waals surface area contributed by atoms with E-state index in [-0.39, 0.29) is 11.5 Å². The SMILES string of the molecule is NC(c1ccccc1C(F)(F)F)C1CCOC1. The highest BCUT2D eigenvalue weighted by molar-refractivity contribution is 5.32. The van der Waals surface area contributed by atoms with Crippen LogP contribution in [0.5, 0.6) is 0 Å². The lowest BCUT2D eigenvalue weighted by Crippen LogP contribution is -2.24. The molecule has 2 rings (SSSR count). The minimum Gasteiger partial charge on any atom is -0.381 e. The van der Waals surface area contributed by atoms with Crippen molar-refractivity contribution >= 4 is 0 Å². The van der Waals surface area contributed by atoms with E-state index in [1.807, 2.05) is 0 Å². The molecule has 1 fully saturated rings. The molecule has 1 aliphatic rings. The summed E-state index contributed by atoms with van der Waals surface area (Å²) in [6, 6.07) is 4.87. The van der Waals surface area contributed by atoms with Crippen LogP contribution in [0, 0.1) is 5.92 Å². The van der Waals surface area contributed by atoms with E-state index in [1.54, 1.807) is 6.07 Å². The van der Waals surface area contributed by atoms with Crippen LogP contribution in [-0.2, 0) is 10.9 Å². The molecule has 94 valence electrons. The Morgan fingerprint density at radius 2 is 2.00 bits per heavy atom. The number of alkyl halides is 3. The number of benzene rings is 1. The first kappa shape index (κ1) is 12.4. The number of ether oxygens (including phenoxy) is 1. The molecule has 1 aromatic carbocycles. The summed E-state index contributed by atoms with van der Waals surface area (Å²) in [6.07, 6.45) is -3.64. The van der Waals surface area contributed by atoms with Crippen LogP contribution in [0.4, 0.5) is 13.2 Å². The number of nitrogens with two attached hydrogens (primary N) is 1. The second-order valence-electron chi connectivity index (χ2n) is 4.23. The lowest BCUT2D eigenvalue weighted by molar-refractivity contribution is -0.138. The largest absolute Gasteiger partial charge is 0.416 e. The van der Waals surface area contributed by atoms with Crippen molar-refractivity contribution in [3.8, 4) is 0 Å². The maximum absolute atomic E-state index is 12.8. The summed E-state index contributed by atoms with van der Waals surface area (Å²) in [4.78, 5) is 0. The van der Waals surface area contributed by atoms with Crippen LogP contribution < -0.4 is 5.73 Å². The van der Waals surface area contributed by atoms with Crippen molar-refractivity contribution in [1.29, 1.82) is 0 Å². The Kier molecular flexibility index (Phi) is 3.40. The molecule has 2 N–H and O–H groups in total. The summed E-state index contributed by atoms with van der Waals surface area (Å²) in [5.74, 6) is -0.0292. The first-order valence-corrected chi connectivity index (χ1v) is 5.49. The molecule has 5 heteroatoms. The molecule has 0 radical (unpaired) electrons. The predicted octanol–water partition coefficient (Wildman–Crippen LogP) is 2.74. The lowest BCUT2D eigenvalue weighted by atomic mass is 9.90. The first-order valence-electron chi connectivity index (χ1n) is 5.49. The van der Waals surface area contributed by atoms with E-state index in [1.165, 1.54) is 12.1 Å². The highest BCUT2D eigenvalue weighted by atomic mass is 19.4. The quantitative estimate of drug-likeness (QED) is 0.869. The fourth-order valence-electron chi connectivity index (χ4n) is 2.14. The van der Waals surface area contributed by atoms with Gasteiger partial charge in [0, 0.05) is 18.6 Å². The maximum atomic E-state index is 12.8. The van der Waals surface area contributed by atoms with E-state index in [0.717, 1.165) is 6.07 Å². The second-order valence-corrected chi connectivity index (χ2v) is 4.23. The first-order chi connectivity index (χ1) is 8.00. The van der Waals surface area contributed by atoms with E-state index >= 15 is 0 Å². The number of hydrogen-bond donors (Lipinski definition) is 1. The highest BCUT2D eigenvalue weighted by Crippen LogP contribution is 2.37. The predicted molar refractivity (Wildman–Crippen MR) is 57.3 cm³/mol. The molecule has 2 nitrogen and oxygen atoms in total. The fraction of sp³-hybridized carbons (Fsp3) is 0.500. The molecule has 0 spiro atoms. The summed E-state index contributed by atoms with van der Waals surface area (Å²) in [6.45, 7) is 1.01. The Balaban J connectivity index is 2.31. The second kappa shape index (κ2) is 4.66. The van der Waals surface area contributed by atoms with Gasteiger partial charge in [0.25, 0.3) is 0 Å². The highest BCUT2D eigenvalue weighted by Gasteiger charge is 2.36. The Labute approximate surface area is 97.6 Å². The topological polar surface area (TPSA) is 35.2 Å². The number of halogens is 3. The van der Waals surface area contributed by atoms with Crippen LogP contribution in [0.25, 0.3) is 0 Å². The molecule has 2 atom stereocenters. The van der Waals surface area contributed by atoms with Gasteiger partial charge in [0.05, 0.1) is 12.2 Å². The molecule has 1 heterocycles. The van der Waals surface area contributed by atoms with Crippen LogP contribution in [-0.4, -0.2) is 13.2 Å². The van der Waals surface area contributed by atoms with Crippen molar-refractivity contribution in [2.45, 2.75) is 18.6 Å². The van der Waals surface area contributed by atoms with E-state index in [0.29, 0.717) is 19.6 Å². The van der Waals surface area contributed by atoms with Gasteiger partial charge in [-0.25, -0.2) is 0 Å². The summed E-state index contributed by atoms with van der Waals surface area (Å²) in [5.41, 5.74) is 5.44. The van der Waals surface area contributed by atoms with E-state index in [2.05, 4.69) is 0 Å². The van der Waals surface area contributed by atoms with Crippen LogP contribution in [0.2, 0.25) is 0 Å². The van der Waals surface area contributed by atoms with Crippen molar-refractivity contribution in [3.05, 3.63) is 35.4 Å². The molecule has 1 aliphatic heterocycles. The molecule has 0 aliphatic carbocycles. The fourth-order valence-corrected chi connectivity index (χ4v) is 2.14. The standard InChI is InChI=1S/C12H14F3NO/c13-12(14,15)10-4-2-1-3-9(10)11(16)8-5-6-17-7-8/h1-4,8,11H,5-7,16H2. The van der Waals surface area contributed by atoms with Crippen LogP contribution in [0.1, 0.15) is 23.6 Å². The van der Waals surface area contributed by atoms with Gasteiger partial charge in [-0.2, -0.15) is 13.2 Å². The molecule has 0 amide bonds. The van der Waals surface area contributed by atoms with Gasteiger partial charge in [0.1, 0.15) is 0 Å². The smallest absolute Gasteiger partial charge is 0.381 e. The summed E-state index contributed by atoms with van der Waals surface area (Å²) in [5, 5.41) is 0. The molecule has 2 unspecified atom stereocenters. The van der Waals surface area contributed by atoms with Crippen molar-refractivity contribution in [2.24, 2.45) is 11.7 Å². The molecular weight excluding hydrogens is 231 g/mol. The molecule has 0 bridgehead atoms. The molecule has 0 aromatic heterocycles. The summed E-state index contributed by atoms with van der Waals surface area (Å²) < 4.78 is 43.6. The van der Waals surface area contributed by atoms with Crippen molar-refractivity contribution < 1.29 is 17.9 Å². The zero-order chi connectivity index (χ0) is 12.5. The minimum atomic E-state index is -4.35. The van der Waals surface area contributed by atoms with Gasteiger partial charge in [0.15, 0.2) is 0 Å². The van der Waals surface area contributed by atoms with Gasteiger partial charge in [-0.15, -0.1) is 0 Å². The Morgan fingerprint density at radius 3 is 2.59 bits per heavy atom. The Morgan fingerprint density at radius 1 is 1.29 bits per heavy atom. The Bertz CT molecular complexity index is 386. The van der Waals surface area contributed by atoms with Gasteiger partial charge in [0.2, 0.25) is 0 Å². The van der Waals surface area contributed by atoms with Gasteiger partial charge in [-0.3, -0.25) is 0 Å².